The van der Waals surface area contributed by atoms with Crippen LogP contribution in [0, 0.1) is 18.3 Å². The van der Waals surface area contributed by atoms with Crippen LogP contribution in [0.2, 0.25) is 0 Å². The van der Waals surface area contributed by atoms with E-state index in [0.29, 0.717) is 29.3 Å². The van der Waals surface area contributed by atoms with E-state index in [-0.39, 0.29) is 23.1 Å². The Morgan fingerprint density at radius 2 is 2.00 bits per heavy atom. The summed E-state index contributed by atoms with van der Waals surface area (Å²) in [5, 5.41) is 24.5. The van der Waals surface area contributed by atoms with Crippen molar-refractivity contribution in [3.63, 3.8) is 0 Å². The summed E-state index contributed by atoms with van der Waals surface area (Å²) in [6, 6.07) is 14.0. The number of aldehydes is 1. The number of fused-ring (bicyclic) bond motifs is 1. The first kappa shape index (κ1) is 26.7. The lowest BCUT2D eigenvalue weighted by Gasteiger charge is -2.51. The molecular weight excluding hydrogens is 472 g/mol. The van der Waals surface area contributed by atoms with E-state index < -0.39 is 12.1 Å². The average Bonchev–Trinajstić information content (AvgIpc) is 2.88. The molecule has 4 rings (SSSR count). The Balaban J connectivity index is 1.50. The number of phenolic OH excluding ortho intramolecular Hbond substituents is 1. The fourth-order valence-electron chi connectivity index (χ4n) is 5.86. The van der Waals surface area contributed by atoms with E-state index in [1.165, 1.54) is 12.8 Å². The van der Waals surface area contributed by atoms with Crippen LogP contribution in [-0.4, -0.2) is 64.3 Å². The van der Waals surface area contributed by atoms with Crippen LogP contribution in [0.15, 0.2) is 53.4 Å². The Kier molecular flexibility index (Phi) is 8.75. The monoisotopic (exact) mass is 510 g/mol. The summed E-state index contributed by atoms with van der Waals surface area (Å²) in [5.41, 5.74) is 1.08. The van der Waals surface area contributed by atoms with E-state index in [9.17, 15) is 19.8 Å². The van der Waals surface area contributed by atoms with Gasteiger partial charge in [-0.05, 0) is 61.8 Å². The Morgan fingerprint density at radius 1 is 1.22 bits per heavy atom. The number of likely N-dealkylation sites (tertiary alicyclic amines) is 1. The molecule has 0 unspecified atom stereocenters. The van der Waals surface area contributed by atoms with E-state index in [2.05, 4.69) is 17.1 Å². The van der Waals surface area contributed by atoms with Gasteiger partial charge < -0.3 is 20.3 Å². The van der Waals surface area contributed by atoms with Gasteiger partial charge in [-0.3, -0.25) is 9.69 Å². The Bertz CT molecular complexity index is 1050. The summed E-state index contributed by atoms with van der Waals surface area (Å²) in [6.07, 6.45) is 5.78. The number of hydrogen-bond acceptors (Lipinski definition) is 6. The minimum Gasteiger partial charge on any atom is -0.508 e. The fraction of sp³-hybridized carbons (Fsp3) is 0.517. The molecule has 1 amide bonds. The Morgan fingerprint density at radius 3 is 2.75 bits per heavy atom. The van der Waals surface area contributed by atoms with Crippen molar-refractivity contribution >= 4 is 24.0 Å². The van der Waals surface area contributed by atoms with Crippen LogP contribution in [0.4, 0.5) is 0 Å². The SMILES string of the molecule is Cc1c(O)cccc1C(=O)N[C@@H](CSc1ccccc1)[C@H](O)CN1C[C@H]2CCCC[C@@]2(C)C[C@H]1C=O. The van der Waals surface area contributed by atoms with Gasteiger partial charge in [0.05, 0.1) is 18.2 Å². The van der Waals surface area contributed by atoms with Crippen molar-refractivity contribution in [3.05, 3.63) is 59.7 Å². The predicted molar refractivity (Wildman–Crippen MR) is 143 cm³/mol. The smallest absolute Gasteiger partial charge is 0.252 e. The van der Waals surface area contributed by atoms with Gasteiger partial charge in [0, 0.05) is 34.9 Å². The van der Waals surface area contributed by atoms with Crippen molar-refractivity contribution in [1.82, 2.24) is 10.2 Å². The topological polar surface area (TPSA) is 89.9 Å². The van der Waals surface area contributed by atoms with Crippen LogP contribution >= 0.6 is 11.8 Å². The van der Waals surface area contributed by atoms with Crippen LogP contribution < -0.4 is 5.32 Å². The lowest BCUT2D eigenvalue weighted by molar-refractivity contribution is -0.120. The van der Waals surface area contributed by atoms with Crippen molar-refractivity contribution < 1.29 is 19.8 Å². The van der Waals surface area contributed by atoms with E-state index in [1.54, 1.807) is 36.9 Å². The number of nitrogens with one attached hydrogen (secondary N) is 1. The zero-order valence-corrected chi connectivity index (χ0v) is 22.0. The molecule has 1 aliphatic carbocycles. The molecule has 0 bridgehead atoms. The summed E-state index contributed by atoms with van der Waals surface area (Å²) in [5.74, 6) is 0.745. The zero-order chi connectivity index (χ0) is 25.7. The predicted octanol–water partition coefficient (Wildman–Crippen LogP) is 4.42. The van der Waals surface area contributed by atoms with E-state index in [0.717, 1.165) is 37.0 Å². The molecule has 5 atom stereocenters. The molecule has 2 fully saturated rings. The van der Waals surface area contributed by atoms with Crippen molar-refractivity contribution in [2.75, 3.05) is 18.8 Å². The van der Waals surface area contributed by atoms with Gasteiger partial charge in [-0.1, -0.05) is 44.0 Å². The van der Waals surface area contributed by atoms with Gasteiger partial charge in [0.1, 0.15) is 12.0 Å². The number of β-amino-alcohol motifs (C(OH)–C–C–N with tert-alkyl or cyclic N) is 1. The van der Waals surface area contributed by atoms with Gasteiger partial charge in [0.15, 0.2) is 0 Å². The zero-order valence-electron chi connectivity index (χ0n) is 21.2. The van der Waals surface area contributed by atoms with Crippen molar-refractivity contribution in [1.29, 1.82) is 0 Å². The molecule has 0 radical (unpaired) electrons. The molecule has 1 saturated carbocycles. The van der Waals surface area contributed by atoms with Crippen LogP contribution in [0.5, 0.6) is 5.75 Å². The minimum absolute atomic E-state index is 0.0658. The van der Waals surface area contributed by atoms with Crippen LogP contribution in [0.25, 0.3) is 0 Å². The van der Waals surface area contributed by atoms with Crippen molar-refractivity contribution in [2.45, 2.75) is 69.0 Å². The molecule has 0 aromatic heterocycles. The maximum atomic E-state index is 13.2. The van der Waals surface area contributed by atoms with Crippen LogP contribution in [0.3, 0.4) is 0 Å². The number of rotatable bonds is 9. The lowest BCUT2D eigenvalue weighted by atomic mass is 9.62. The maximum absolute atomic E-state index is 13.2. The molecule has 7 heteroatoms. The number of phenols is 1. The molecule has 2 aromatic rings. The molecular formula is C29H38N2O4S. The molecule has 2 aromatic carbocycles. The Hall–Kier alpha value is -2.35. The number of nitrogens with zero attached hydrogens (tertiary/aromatic N) is 1. The largest absolute Gasteiger partial charge is 0.508 e. The van der Waals surface area contributed by atoms with Gasteiger partial charge in [-0.25, -0.2) is 0 Å². The molecule has 194 valence electrons. The molecule has 0 spiro atoms. The number of aliphatic hydroxyl groups excluding tert-OH is 1. The van der Waals surface area contributed by atoms with Crippen molar-refractivity contribution in [2.24, 2.45) is 11.3 Å². The van der Waals surface area contributed by atoms with Gasteiger partial charge >= 0.3 is 0 Å². The third-order valence-corrected chi connectivity index (χ3v) is 9.35. The van der Waals surface area contributed by atoms with Crippen LogP contribution in [-0.2, 0) is 4.79 Å². The summed E-state index contributed by atoms with van der Waals surface area (Å²) in [4.78, 5) is 28.4. The molecule has 3 N–H and O–H groups in total. The summed E-state index contributed by atoms with van der Waals surface area (Å²) >= 11 is 1.58. The second-order valence-electron chi connectivity index (χ2n) is 10.7. The molecule has 2 aliphatic rings. The first-order valence-electron chi connectivity index (χ1n) is 13.0. The van der Waals surface area contributed by atoms with Gasteiger partial charge in [0.25, 0.3) is 5.91 Å². The number of thioether (sulfide) groups is 1. The number of hydrogen-bond donors (Lipinski definition) is 3. The number of aliphatic hydroxyl groups is 1. The number of carbonyl (C=O) groups excluding carboxylic acids is 2. The van der Waals surface area contributed by atoms with Crippen LogP contribution in [0.1, 0.15) is 54.9 Å². The number of aromatic hydroxyl groups is 1. The maximum Gasteiger partial charge on any atom is 0.252 e. The second-order valence-corrected chi connectivity index (χ2v) is 11.8. The van der Waals surface area contributed by atoms with Gasteiger partial charge in [0.2, 0.25) is 0 Å². The number of carbonyl (C=O) groups is 2. The Labute approximate surface area is 218 Å². The number of amides is 1. The lowest BCUT2D eigenvalue weighted by Crippen LogP contribution is -2.57. The summed E-state index contributed by atoms with van der Waals surface area (Å²) in [7, 11) is 0. The molecule has 6 nitrogen and oxygen atoms in total. The minimum atomic E-state index is -0.849. The first-order valence-corrected chi connectivity index (χ1v) is 13.9. The average molecular weight is 511 g/mol. The third-order valence-electron chi connectivity index (χ3n) is 8.22. The molecule has 1 aliphatic heterocycles. The first-order chi connectivity index (χ1) is 17.3. The van der Waals surface area contributed by atoms with E-state index in [1.807, 2.05) is 30.3 Å². The number of benzene rings is 2. The van der Waals surface area contributed by atoms with E-state index >= 15 is 0 Å². The highest BCUT2D eigenvalue weighted by Crippen LogP contribution is 2.48. The van der Waals surface area contributed by atoms with Crippen molar-refractivity contribution in [3.8, 4) is 5.75 Å². The molecule has 1 saturated heterocycles. The van der Waals surface area contributed by atoms with E-state index in [4.69, 9.17) is 0 Å². The van der Waals surface area contributed by atoms with Gasteiger partial charge in [-0.2, -0.15) is 0 Å². The highest BCUT2D eigenvalue weighted by molar-refractivity contribution is 7.99. The quantitative estimate of drug-likeness (QED) is 0.342. The molecule has 36 heavy (non-hydrogen) atoms. The second kappa shape index (κ2) is 11.8. The fourth-order valence-corrected chi connectivity index (χ4v) is 6.88. The highest BCUT2D eigenvalue weighted by atomic mass is 32.2. The third kappa shape index (κ3) is 6.13. The molecule has 1 heterocycles. The number of piperidine rings is 1. The summed E-state index contributed by atoms with van der Waals surface area (Å²) in [6.45, 7) is 5.15. The standard InChI is InChI=1S/C29H38N2O4S/c1-20-24(12-8-13-26(20)33)28(35)30-25(19-36-23-10-4-3-5-11-23)27(34)17-31-16-21-9-6-7-14-29(21,2)15-22(31)18-32/h3-5,8,10-13,18,21-22,25,27,33-34H,6-7,9,14-17,19H2,1-2H3,(H,30,35)/t21-,22+,25+,27-,29+/m1/s1. The normalized spacial score (nSPS) is 26.0. The van der Waals surface area contributed by atoms with Gasteiger partial charge in [-0.15, -0.1) is 11.8 Å². The summed E-state index contributed by atoms with van der Waals surface area (Å²) < 4.78 is 0. The highest BCUT2D eigenvalue weighted by Gasteiger charge is 2.45.